The van der Waals surface area contributed by atoms with Gasteiger partial charge < -0.3 is 84.6 Å². The van der Waals surface area contributed by atoms with Crippen molar-refractivity contribution in [3.63, 3.8) is 0 Å². The van der Waals surface area contributed by atoms with Gasteiger partial charge in [-0.1, -0.05) is 37.3 Å². The molecule has 0 aromatic heterocycles. The number of Topliss-reactive ketones (excluding diaryl/α,β-unsaturated/α-hetero) is 1. The van der Waals surface area contributed by atoms with Crippen LogP contribution in [-0.4, -0.2) is 214 Å². The smallest absolute Gasteiger partial charge is 0.202 e. The lowest BCUT2D eigenvalue weighted by Gasteiger charge is -2.47. The molecular weight excluding hydrogens is 1200 g/mol. The number of nitrogens with zero attached hydrogens (tertiary/aromatic N) is 2. The number of ketones is 5. The number of halogens is 2. The van der Waals surface area contributed by atoms with Gasteiger partial charge in [-0.05, 0) is 45.7 Å². The van der Waals surface area contributed by atoms with E-state index in [1.54, 1.807) is 39.8 Å². The zero-order valence-corrected chi connectivity index (χ0v) is 50.5. The lowest BCUT2D eigenvalue weighted by atomic mass is 9.70. The van der Waals surface area contributed by atoms with Crippen LogP contribution in [0.2, 0.25) is 0 Å². The highest BCUT2D eigenvalue weighted by Gasteiger charge is 2.54. The molecule has 12 rings (SSSR count). The maximum Gasteiger partial charge on any atom is 0.202 e. The van der Waals surface area contributed by atoms with Crippen LogP contribution in [0.5, 0.6) is 28.7 Å². The summed E-state index contributed by atoms with van der Waals surface area (Å²) in [5.41, 5.74) is -6.32. The summed E-state index contributed by atoms with van der Waals surface area (Å²) in [6.07, 6.45) is -9.84. The number of aryl methyl sites for hydroxylation is 1. The fourth-order valence-electron chi connectivity index (χ4n) is 14.1. The third kappa shape index (κ3) is 11.2. The number of phenols is 5. The average Bonchev–Trinajstić information content (AvgIpc) is 0.721. The highest BCUT2D eigenvalue weighted by Crippen LogP contribution is 2.57. The van der Waals surface area contributed by atoms with Gasteiger partial charge in [-0.2, -0.15) is 0 Å². The number of aliphatic hydroxyl groups is 6. The van der Waals surface area contributed by atoms with Crippen molar-refractivity contribution < 1.29 is 109 Å². The van der Waals surface area contributed by atoms with Gasteiger partial charge in [-0.3, -0.25) is 33.8 Å². The molecule has 4 fully saturated rings. The number of morpholine rings is 2. The van der Waals surface area contributed by atoms with Crippen molar-refractivity contribution in [3.8, 4) is 28.7 Å². The first kappa shape index (κ1) is 66.7. The van der Waals surface area contributed by atoms with Gasteiger partial charge in [0.2, 0.25) is 5.78 Å². The molecule has 0 amide bonds. The number of hydrogen-bond acceptors (Lipinski definition) is 24. The molecule has 8 aliphatic rings. The van der Waals surface area contributed by atoms with Crippen LogP contribution in [0.3, 0.4) is 0 Å². The number of ether oxygens (including phenoxy) is 6. The quantitative estimate of drug-likeness (QED) is 0.0925. The minimum atomic E-state index is -2.22. The Morgan fingerprint density at radius 1 is 0.636 bits per heavy atom. The molecule has 11 N–H and O–H groups in total. The zero-order chi connectivity index (χ0) is 61.7. The van der Waals surface area contributed by atoms with E-state index in [2.05, 4.69) is 9.80 Å². The van der Waals surface area contributed by atoms with Crippen molar-refractivity contribution >= 4 is 53.7 Å². The summed E-state index contributed by atoms with van der Waals surface area (Å²) >= 11 is 0. The zero-order valence-electron chi connectivity index (χ0n) is 48.9. The standard InChI is InChI=1S/C32H37NO11.C30H35NO11.2ClH/c1-14-5-4-6-17-23(14)30(39)26-25(28(17)37)29(38)18-10-32(41,21(35)13-34)11-20(24(18)31(26)40)44-22-9-19(27(36)16(3)43-22)33-7-8-42-15(2)12-33;1-3-30(39)12-17(42-18-11-15(24(33)13(2)41-18)31-7-9-40-10-8-31)20-23(29(30)38)28(37)21-22(27(20)36)26(35)19-14(25(21)34)5-4-6-16(19)32;;/h4-6,15-16,19-20,22,27,34,36,38,40-41H,7-13H2,1-3H3;4-6,13,15,17-18,24,29,32-33,36-39H,3,7-12H2,1-2H3;2*1H/t15-,16+,19+,20+,22+,27-,32+;13-,15-,17-,18-,24+,29+,30+;;/m10../s1. The number of carbonyl (C=O) groups excluding carboxylic acids is 5. The normalized spacial score (nSPS) is 31.9. The molecule has 0 bridgehead atoms. The fourth-order valence-corrected chi connectivity index (χ4v) is 14.1. The van der Waals surface area contributed by atoms with Crippen molar-refractivity contribution in [2.24, 2.45) is 0 Å². The molecule has 88 heavy (non-hydrogen) atoms. The van der Waals surface area contributed by atoms with Crippen molar-refractivity contribution in [3.05, 3.63) is 109 Å². The number of rotatable bonds is 9. The molecule has 4 heterocycles. The number of benzene rings is 4. The van der Waals surface area contributed by atoms with Crippen LogP contribution in [0.15, 0.2) is 36.4 Å². The van der Waals surface area contributed by atoms with Gasteiger partial charge in [0.25, 0.3) is 0 Å². The predicted molar refractivity (Wildman–Crippen MR) is 312 cm³/mol. The van der Waals surface area contributed by atoms with Crippen LogP contribution in [0.4, 0.5) is 0 Å². The van der Waals surface area contributed by atoms with E-state index in [0.717, 1.165) is 0 Å². The second-order valence-electron chi connectivity index (χ2n) is 23.9. The number of carbonyl (C=O) groups is 5. The minimum Gasteiger partial charge on any atom is -0.507 e. The van der Waals surface area contributed by atoms with Gasteiger partial charge in [-0.25, -0.2) is 0 Å². The van der Waals surface area contributed by atoms with E-state index in [9.17, 15) is 80.1 Å². The van der Waals surface area contributed by atoms with E-state index in [0.29, 0.717) is 51.6 Å². The van der Waals surface area contributed by atoms with Gasteiger partial charge in [-0.15, -0.1) is 24.8 Å². The van der Waals surface area contributed by atoms with Crippen molar-refractivity contribution in [2.45, 2.75) is 158 Å². The Morgan fingerprint density at radius 3 is 1.72 bits per heavy atom. The van der Waals surface area contributed by atoms with Gasteiger partial charge in [0.15, 0.2) is 35.7 Å². The van der Waals surface area contributed by atoms with E-state index in [1.165, 1.54) is 24.3 Å². The molecule has 4 aromatic rings. The Labute approximate surface area is 517 Å². The molecular formula is C62H74Cl2N2O22. The van der Waals surface area contributed by atoms with Crippen LogP contribution in [0.25, 0.3) is 0 Å². The first-order valence-corrected chi connectivity index (χ1v) is 29.1. The monoisotopic (exact) mass is 1270 g/mol. The van der Waals surface area contributed by atoms with Gasteiger partial charge in [0.1, 0.15) is 47.1 Å². The molecule has 4 aliphatic carbocycles. The highest BCUT2D eigenvalue weighted by molar-refractivity contribution is 6.32. The molecule has 0 unspecified atom stereocenters. The Bertz CT molecular complexity index is 3430. The SMILES string of the molecule is CC[C@@]1(O)C[C@H](O[C@H]2C[C@H](N3CCOCC3)[C@H](O)[C@H](C)O2)c2c(O)c3c(c(O)c2[C@H]1O)C(=O)c1cccc(O)c1C3=O.Cc1cccc2c1C(=O)c1c(O)c3c(c(O)c1C2=O)C[C@@](O)(C(=O)CO)C[C@@H]3O[C@H]1C[C@H](N2CCO[C@H](C)C2)[C@H](O)[C@H](C)O1.Cl.Cl. The van der Waals surface area contributed by atoms with E-state index in [4.69, 9.17) is 28.4 Å². The maximum absolute atomic E-state index is 13.8. The Hall–Kier alpha value is -5.75. The van der Waals surface area contributed by atoms with Crippen molar-refractivity contribution in [2.75, 3.05) is 52.6 Å². The molecule has 14 atom stereocenters. The Balaban J connectivity index is 0.000000205. The summed E-state index contributed by atoms with van der Waals surface area (Å²) < 4.78 is 35.8. The van der Waals surface area contributed by atoms with Crippen LogP contribution in [0, 0.1) is 6.92 Å². The van der Waals surface area contributed by atoms with Crippen molar-refractivity contribution in [1.82, 2.24) is 9.80 Å². The molecule has 4 aromatic carbocycles. The van der Waals surface area contributed by atoms with Crippen LogP contribution in [0.1, 0.15) is 170 Å². The topological polar surface area (TPSA) is 370 Å². The van der Waals surface area contributed by atoms with E-state index in [-0.39, 0.29) is 119 Å². The first-order chi connectivity index (χ1) is 40.8. The molecule has 4 saturated heterocycles. The van der Waals surface area contributed by atoms with Gasteiger partial charge in [0, 0.05) is 109 Å². The highest BCUT2D eigenvalue weighted by atomic mass is 35.5. The lowest BCUT2D eigenvalue weighted by Crippen LogP contribution is -2.59. The number of aliphatic hydroxyl groups excluding tert-OH is 4. The van der Waals surface area contributed by atoms with Gasteiger partial charge >= 0.3 is 0 Å². The lowest BCUT2D eigenvalue weighted by molar-refractivity contribution is -0.264. The Kier molecular flexibility index (Phi) is 19.3. The summed E-state index contributed by atoms with van der Waals surface area (Å²) in [6, 6.07) is 7.96. The molecule has 4 aliphatic heterocycles. The predicted octanol–water partition coefficient (Wildman–Crippen LogP) is 3.32. The number of hydrogen-bond donors (Lipinski definition) is 11. The van der Waals surface area contributed by atoms with Crippen molar-refractivity contribution in [1.29, 1.82) is 0 Å². The number of fused-ring (bicyclic) bond motifs is 6. The van der Waals surface area contributed by atoms with Crippen LogP contribution < -0.4 is 0 Å². The third-order valence-electron chi connectivity index (χ3n) is 18.8. The summed E-state index contributed by atoms with van der Waals surface area (Å²) in [5.74, 6) is -7.13. The Morgan fingerprint density at radius 2 is 1.14 bits per heavy atom. The molecule has 0 saturated carbocycles. The molecule has 0 radical (unpaired) electrons. The van der Waals surface area contributed by atoms with E-state index >= 15 is 0 Å². The van der Waals surface area contributed by atoms with Crippen LogP contribution in [-0.2, 0) is 39.6 Å². The molecule has 0 spiro atoms. The number of phenolic OH excluding ortho intramolecular Hbond substituents is 5. The van der Waals surface area contributed by atoms with E-state index in [1.807, 2.05) is 6.92 Å². The van der Waals surface area contributed by atoms with Gasteiger partial charge in [0.05, 0.1) is 96.0 Å². The minimum absolute atomic E-state index is 0. The summed E-state index contributed by atoms with van der Waals surface area (Å²) in [6.45, 7) is 11.6. The summed E-state index contributed by atoms with van der Waals surface area (Å²) in [4.78, 5) is 71.5. The fraction of sp³-hybridized carbons (Fsp3) is 0.532. The largest absolute Gasteiger partial charge is 0.507 e. The molecule has 24 nitrogen and oxygen atoms in total. The third-order valence-corrected chi connectivity index (χ3v) is 18.8. The average molecular weight is 1270 g/mol. The maximum atomic E-state index is 13.8. The summed E-state index contributed by atoms with van der Waals surface area (Å²) in [5, 5.41) is 122. The molecule has 26 heteroatoms. The van der Waals surface area contributed by atoms with E-state index < -0.39 is 160 Å². The number of aromatic hydroxyl groups is 5. The first-order valence-electron chi connectivity index (χ1n) is 29.1. The molecule has 478 valence electrons. The van der Waals surface area contributed by atoms with Crippen LogP contribution >= 0.6 is 24.8 Å². The summed E-state index contributed by atoms with van der Waals surface area (Å²) in [7, 11) is 0. The second-order valence-corrected chi connectivity index (χ2v) is 23.9. The second kappa shape index (κ2) is 25.5.